The molecular weight excluding hydrogens is 1030 g/mol. The predicted molar refractivity (Wildman–Crippen MR) is 267 cm³/mol. The number of halogens is 2. The van der Waals surface area contributed by atoms with Crippen molar-refractivity contribution in [3.8, 4) is 23.0 Å². The first kappa shape index (κ1) is 52.0. The summed E-state index contributed by atoms with van der Waals surface area (Å²) >= 11 is 14.6. The van der Waals surface area contributed by atoms with Crippen LogP contribution in [0.5, 0.6) is 23.0 Å². The molecule has 70 heavy (non-hydrogen) atoms. The number of thiazole rings is 2. The maximum atomic E-state index is 13.0. The highest BCUT2D eigenvalue weighted by Gasteiger charge is 2.33. The summed E-state index contributed by atoms with van der Waals surface area (Å²) in [6.07, 6.45) is 1.20. The van der Waals surface area contributed by atoms with E-state index in [1.54, 1.807) is 28.4 Å². The van der Waals surface area contributed by atoms with Gasteiger partial charge in [0.2, 0.25) is 20.0 Å². The Morgan fingerprint density at radius 1 is 0.571 bits per heavy atom. The maximum Gasteiger partial charge on any atom is 0.289 e. The van der Waals surface area contributed by atoms with Crippen LogP contribution in [0.4, 0.5) is 21.6 Å². The molecule has 0 bridgehead atoms. The van der Waals surface area contributed by atoms with Crippen LogP contribution in [0.25, 0.3) is 0 Å². The van der Waals surface area contributed by atoms with Gasteiger partial charge in [-0.25, -0.2) is 26.8 Å². The van der Waals surface area contributed by atoms with Gasteiger partial charge in [0.25, 0.3) is 11.4 Å². The summed E-state index contributed by atoms with van der Waals surface area (Å²) in [4.78, 5) is 34.2. The molecule has 0 atom stereocenters. The SMILES string of the molecule is COc1ccc(Cc2csc(N3CCN(S(=O)(=O)c4ccc(Cl)c([N+](=O)[O-])c4)CC3)n2)cc1OC.COc1ccc(OC)c(Cc2csc(N3CCN(S(=O)(=O)c4ccc(Cl)c([N+](=O)[O-])c4)CC3)n2)c1. The van der Waals surface area contributed by atoms with Crippen molar-refractivity contribution in [3.63, 3.8) is 0 Å². The van der Waals surface area contributed by atoms with Crippen molar-refractivity contribution in [2.45, 2.75) is 22.6 Å². The van der Waals surface area contributed by atoms with Gasteiger partial charge in [0.1, 0.15) is 21.5 Å². The molecule has 2 aliphatic heterocycles. The van der Waals surface area contributed by atoms with Crippen molar-refractivity contribution in [1.29, 1.82) is 0 Å². The Labute approximate surface area is 421 Å². The molecule has 6 aromatic rings. The monoisotopic (exact) mass is 1080 g/mol. The van der Waals surface area contributed by atoms with Gasteiger partial charge in [0.05, 0.1) is 59.5 Å². The Kier molecular flexibility index (Phi) is 16.7. The quantitative estimate of drug-likeness (QED) is 0.0669. The van der Waals surface area contributed by atoms with Crippen LogP contribution in [0, 0.1) is 20.2 Å². The van der Waals surface area contributed by atoms with Crippen LogP contribution in [0.2, 0.25) is 10.0 Å². The molecule has 4 aromatic carbocycles. The number of piperazine rings is 2. The Morgan fingerprint density at radius 2 is 1.03 bits per heavy atom. The summed E-state index contributed by atoms with van der Waals surface area (Å²) in [5, 5.41) is 27.7. The molecule has 0 N–H and O–H groups in total. The molecule has 0 aliphatic carbocycles. The number of sulfonamides is 2. The molecular formula is C44H46Cl2N8O12S4. The molecule has 8 rings (SSSR count). The minimum Gasteiger partial charge on any atom is -0.497 e. The number of anilines is 2. The van der Waals surface area contributed by atoms with Crippen LogP contribution in [-0.4, -0.2) is 126 Å². The zero-order chi connectivity index (χ0) is 50.3. The Balaban J connectivity index is 0.000000206. The Bertz CT molecular complexity index is 3090. The summed E-state index contributed by atoms with van der Waals surface area (Å²) < 4.78 is 76.2. The lowest BCUT2D eigenvalue weighted by atomic mass is 10.1. The number of methoxy groups -OCH3 is 4. The van der Waals surface area contributed by atoms with Crippen LogP contribution in [0.15, 0.2) is 93.3 Å². The molecule has 2 fully saturated rings. The summed E-state index contributed by atoms with van der Waals surface area (Å²) in [6.45, 7) is 2.76. The van der Waals surface area contributed by atoms with Crippen molar-refractivity contribution < 1.29 is 45.6 Å². The number of rotatable bonds is 16. The molecule has 4 heterocycles. The summed E-state index contributed by atoms with van der Waals surface area (Å²) in [6, 6.07) is 18.4. The fourth-order valence-electron chi connectivity index (χ4n) is 7.58. The number of nitro benzene ring substituents is 2. The van der Waals surface area contributed by atoms with E-state index in [9.17, 15) is 37.1 Å². The van der Waals surface area contributed by atoms with Crippen LogP contribution >= 0.6 is 45.9 Å². The Hall–Kier alpha value is -5.86. The minimum atomic E-state index is -3.89. The van der Waals surface area contributed by atoms with Crippen LogP contribution in [0.3, 0.4) is 0 Å². The molecule has 2 aliphatic rings. The molecule has 2 aromatic heterocycles. The molecule has 0 radical (unpaired) electrons. The largest absolute Gasteiger partial charge is 0.497 e. The van der Waals surface area contributed by atoms with Gasteiger partial charge in [-0.1, -0.05) is 29.3 Å². The van der Waals surface area contributed by atoms with Crippen molar-refractivity contribution in [2.24, 2.45) is 0 Å². The Morgan fingerprint density at radius 3 is 1.47 bits per heavy atom. The first-order chi connectivity index (χ1) is 33.4. The standard InChI is InChI=1S/2C22H23ClN4O6S2/c1-32-17-3-6-21(33-2)15(12-17)11-16-14-34-22(24-16)25-7-9-26(10-8-25)35(30,31)18-4-5-19(23)20(13-18)27(28)29;1-32-20-6-3-15(12-21(20)33-2)11-16-14-34-22(24-16)25-7-9-26(10-8-25)35(30,31)17-4-5-18(23)19(13-17)27(28)29/h2*3-6,12-14H,7-11H2,1-2H3. The van der Waals surface area contributed by atoms with Gasteiger partial charge in [-0.15, -0.1) is 22.7 Å². The minimum absolute atomic E-state index is 0.105. The molecule has 26 heteroatoms. The van der Waals surface area contributed by atoms with Gasteiger partial charge in [-0.3, -0.25) is 20.2 Å². The van der Waals surface area contributed by atoms with Crippen molar-refractivity contribution >= 4 is 87.6 Å². The van der Waals surface area contributed by atoms with E-state index in [4.69, 9.17) is 52.1 Å². The number of nitro groups is 2. The highest BCUT2D eigenvalue weighted by atomic mass is 35.5. The predicted octanol–water partition coefficient (Wildman–Crippen LogP) is 7.65. The van der Waals surface area contributed by atoms with Gasteiger partial charge in [0.15, 0.2) is 21.8 Å². The molecule has 0 spiro atoms. The molecule has 0 saturated carbocycles. The number of aromatic nitrogens is 2. The second-order valence-electron chi connectivity index (χ2n) is 15.5. The van der Waals surface area contributed by atoms with Gasteiger partial charge >= 0.3 is 0 Å². The summed E-state index contributed by atoms with van der Waals surface area (Å²) in [5.41, 5.74) is 2.90. The van der Waals surface area contributed by atoms with E-state index in [0.717, 1.165) is 56.4 Å². The van der Waals surface area contributed by atoms with Crippen LogP contribution < -0.4 is 28.7 Å². The van der Waals surface area contributed by atoms with E-state index in [-0.39, 0.29) is 46.0 Å². The van der Waals surface area contributed by atoms with Crippen molar-refractivity contribution in [2.75, 3.05) is 90.6 Å². The molecule has 2 saturated heterocycles. The van der Waals surface area contributed by atoms with E-state index in [1.165, 1.54) is 55.5 Å². The lowest BCUT2D eigenvalue weighted by Gasteiger charge is -2.33. The third-order valence-electron chi connectivity index (χ3n) is 11.3. The number of hydrogen-bond acceptors (Lipinski definition) is 18. The molecule has 372 valence electrons. The zero-order valence-corrected chi connectivity index (χ0v) is 42.8. The number of hydrogen-bond donors (Lipinski definition) is 0. The van der Waals surface area contributed by atoms with Crippen LogP contribution in [-0.2, 0) is 32.9 Å². The number of nitrogens with zero attached hydrogens (tertiary/aromatic N) is 8. The lowest BCUT2D eigenvalue weighted by Crippen LogP contribution is -2.48. The fraction of sp³-hybridized carbons (Fsp3) is 0.318. The number of benzene rings is 4. The van der Waals surface area contributed by atoms with Gasteiger partial charge in [-0.2, -0.15) is 8.61 Å². The average Bonchev–Trinajstić information content (AvgIpc) is 4.04. The average molecular weight is 1080 g/mol. The third-order valence-corrected chi connectivity index (χ3v) is 17.6. The lowest BCUT2D eigenvalue weighted by molar-refractivity contribution is -0.385. The topological polar surface area (TPSA) is 230 Å². The van der Waals surface area contributed by atoms with Gasteiger partial charge in [0, 0.05) is 93.7 Å². The van der Waals surface area contributed by atoms with Crippen molar-refractivity contribution in [1.82, 2.24) is 18.6 Å². The highest BCUT2D eigenvalue weighted by Crippen LogP contribution is 2.34. The molecule has 0 amide bonds. The third kappa shape index (κ3) is 11.8. The smallest absolute Gasteiger partial charge is 0.289 e. The van der Waals surface area contributed by atoms with E-state index < -0.39 is 41.3 Å². The van der Waals surface area contributed by atoms with Crippen LogP contribution in [0.1, 0.15) is 22.5 Å². The molecule has 0 unspecified atom stereocenters. The van der Waals surface area contributed by atoms with Gasteiger partial charge in [-0.05, 0) is 60.2 Å². The number of ether oxygens (including phenoxy) is 4. The second kappa shape index (κ2) is 22.5. The van der Waals surface area contributed by atoms with E-state index in [0.29, 0.717) is 50.5 Å². The first-order valence-corrected chi connectivity index (χ1v) is 26.5. The summed E-state index contributed by atoms with van der Waals surface area (Å²) in [5.74, 6) is 2.81. The van der Waals surface area contributed by atoms with E-state index in [1.807, 2.05) is 57.0 Å². The zero-order valence-electron chi connectivity index (χ0n) is 38.0. The normalized spacial score (nSPS) is 14.7. The molecule has 20 nitrogen and oxygen atoms in total. The van der Waals surface area contributed by atoms with Gasteiger partial charge < -0.3 is 28.7 Å². The first-order valence-electron chi connectivity index (χ1n) is 21.1. The van der Waals surface area contributed by atoms with E-state index >= 15 is 0 Å². The second-order valence-corrected chi connectivity index (χ2v) is 21.8. The fourth-order valence-corrected chi connectivity index (χ4v) is 12.6. The maximum absolute atomic E-state index is 13.0. The van der Waals surface area contributed by atoms with Crippen molar-refractivity contribution in [3.05, 3.63) is 136 Å². The van der Waals surface area contributed by atoms with E-state index in [2.05, 4.69) is 0 Å². The highest BCUT2D eigenvalue weighted by molar-refractivity contribution is 7.89. The summed E-state index contributed by atoms with van der Waals surface area (Å²) in [7, 11) is -1.36.